The van der Waals surface area contributed by atoms with Crippen LogP contribution in [-0.4, -0.2) is 18.1 Å². The van der Waals surface area contributed by atoms with Gasteiger partial charge < -0.3 is 9.47 Å². The van der Waals surface area contributed by atoms with E-state index < -0.39 is 5.97 Å². The zero-order valence-electron chi connectivity index (χ0n) is 13.8. The van der Waals surface area contributed by atoms with Crippen molar-refractivity contribution in [1.82, 2.24) is 4.98 Å². The van der Waals surface area contributed by atoms with Gasteiger partial charge in [-0.15, -0.1) is 0 Å². The van der Waals surface area contributed by atoms with Crippen molar-refractivity contribution in [1.29, 1.82) is 0 Å². The SMILES string of the molecule is COc1ccccc1C(=O)Oc1ccc(/C=C/c2ccncc2)cc1. The molecule has 0 unspecified atom stereocenters. The Morgan fingerprint density at radius 1 is 0.880 bits per heavy atom. The second-order valence-corrected chi connectivity index (χ2v) is 5.27. The number of methoxy groups -OCH3 is 1. The van der Waals surface area contributed by atoms with E-state index in [1.807, 2.05) is 36.4 Å². The molecular formula is C21H17NO3. The number of para-hydroxylation sites is 1. The number of hydrogen-bond donors (Lipinski definition) is 0. The summed E-state index contributed by atoms with van der Waals surface area (Å²) in [6.07, 6.45) is 7.48. The van der Waals surface area contributed by atoms with Gasteiger partial charge in [-0.25, -0.2) is 4.79 Å². The van der Waals surface area contributed by atoms with Crippen molar-refractivity contribution in [2.24, 2.45) is 0 Å². The minimum absolute atomic E-state index is 0.395. The van der Waals surface area contributed by atoms with Crippen molar-refractivity contribution in [2.45, 2.75) is 0 Å². The fourth-order valence-electron chi connectivity index (χ4n) is 2.29. The van der Waals surface area contributed by atoms with Gasteiger partial charge in [-0.2, -0.15) is 0 Å². The molecule has 1 heterocycles. The largest absolute Gasteiger partial charge is 0.496 e. The highest BCUT2D eigenvalue weighted by molar-refractivity contribution is 5.94. The Balaban J connectivity index is 1.68. The number of rotatable bonds is 5. The van der Waals surface area contributed by atoms with Crippen LogP contribution in [0.15, 0.2) is 73.1 Å². The summed E-state index contributed by atoms with van der Waals surface area (Å²) in [5.74, 6) is 0.527. The van der Waals surface area contributed by atoms with Crippen molar-refractivity contribution in [3.63, 3.8) is 0 Å². The van der Waals surface area contributed by atoms with E-state index in [1.165, 1.54) is 7.11 Å². The number of benzene rings is 2. The molecule has 3 aromatic rings. The Bertz CT molecular complexity index is 871. The van der Waals surface area contributed by atoms with Gasteiger partial charge in [0.1, 0.15) is 17.1 Å². The van der Waals surface area contributed by atoms with Crippen molar-refractivity contribution in [3.8, 4) is 11.5 Å². The summed E-state index contributed by atoms with van der Waals surface area (Å²) < 4.78 is 10.6. The van der Waals surface area contributed by atoms with Gasteiger partial charge in [0.05, 0.1) is 7.11 Å². The van der Waals surface area contributed by atoms with Gasteiger partial charge in [0.25, 0.3) is 0 Å². The molecule has 4 heteroatoms. The number of ether oxygens (including phenoxy) is 2. The Kier molecular flexibility index (Phi) is 5.22. The Labute approximate surface area is 146 Å². The number of pyridine rings is 1. The summed E-state index contributed by atoms with van der Waals surface area (Å²) in [6.45, 7) is 0. The second kappa shape index (κ2) is 7.93. The summed E-state index contributed by atoms with van der Waals surface area (Å²) in [7, 11) is 1.52. The maximum absolute atomic E-state index is 12.3. The van der Waals surface area contributed by atoms with E-state index in [2.05, 4.69) is 4.98 Å². The molecule has 0 saturated carbocycles. The molecule has 0 fully saturated rings. The molecule has 0 saturated heterocycles. The minimum Gasteiger partial charge on any atom is -0.496 e. The first-order valence-corrected chi connectivity index (χ1v) is 7.79. The van der Waals surface area contributed by atoms with Gasteiger partial charge in [0, 0.05) is 12.4 Å². The molecular weight excluding hydrogens is 314 g/mol. The number of aromatic nitrogens is 1. The molecule has 4 nitrogen and oxygen atoms in total. The molecule has 0 atom stereocenters. The molecule has 3 rings (SSSR count). The lowest BCUT2D eigenvalue weighted by atomic mass is 10.1. The van der Waals surface area contributed by atoms with Gasteiger partial charge in [-0.3, -0.25) is 4.98 Å². The predicted octanol–water partition coefficient (Wildman–Crippen LogP) is 4.48. The lowest BCUT2D eigenvalue weighted by Gasteiger charge is -2.08. The molecule has 0 amide bonds. The molecule has 0 aliphatic carbocycles. The minimum atomic E-state index is -0.447. The molecule has 124 valence electrons. The number of carbonyl (C=O) groups is 1. The number of esters is 1. The van der Waals surface area contributed by atoms with E-state index >= 15 is 0 Å². The highest BCUT2D eigenvalue weighted by Crippen LogP contribution is 2.21. The van der Waals surface area contributed by atoms with Crippen LogP contribution < -0.4 is 9.47 Å². The molecule has 25 heavy (non-hydrogen) atoms. The van der Waals surface area contributed by atoms with Crippen LogP contribution in [0.4, 0.5) is 0 Å². The molecule has 0 aliphatic rings. The predicted molar refractivity (Wildman–Crippen MR) is 97.6 cm³/mol. The van der Waals surface area contributed by atoms with Crippen LogP contribution in [0.25, 0.3) is 12.2 Å². The third-order valence-electron chi connectivity index (χ3n) is 3.59. The molecule has 0 bridgehead atoms. The molecule has 0 aliphatic heterocycles. The van der Waals surface area contributed by atoms with E-state index in [4.69, 9.17) is 9.47 Å². The van der Waals surface area contributed by atoms with E-state index in [-0.39, 0.29) is 0 Å². The molecule has 0 N–H and O–H groups in total. The van der Waals surface area contributed by atoms with Gasteiger partial charge >= 0.3 is 5.97 Å². The maximum Gasteiger partial charge on any atom is 0.347 e. The first kappa shape index (κ1) is 16.5. The van der Waals surface area contributed by atoms with Crippen molar-refractivity contribution >= 4 is 18.1 Å². The first-order chi connectivity index (χ1) is 12.3. The van der Waals surface area contributed by atoms with Gasteiger partial charge in [0.15, 0.2) is 0 Å². The van der Waals surface area contributed by atoms with Crippen molar-refractivity contribution in [3.05, 3.63) is 89.7 Å². The van der Waals surface area contributed by atoms with Crippen LogP contribution in [0.5, 0.6) is 11.5 Å². The highest BCUT2D eigenvalue weighted by atomic mass is 16.5. The topological polar surface area (TPSA) is 48.4 Å². The lowest BCUT2D eigenvalue weighted by molar-refractivity contribution is 0.0731. The summed E-state index contributed by atoms with van der Waals surface area (Å²) in [5.41, 5.74) is 2.47. The monoisotopic (exact) mass is 331 g/mol. The van der Waals surface area contributed by atoms with Crippen LogP contribution in [0.2, 0.25) is 0 Å². The summed E-state index contributed by atoms with van der Waals surface area (Å²) in [6, 6.07) is 18.1. The van der Waals surface area contributed by atoms with Crippen LogP contribution in [0.1, 0.15) is 21.5 Å². The molecule has 0 spiro atoms. The van der Waals surface area contributed by atoms with E-state index in [0.29, 0.717) is 17.1 Å². The Morgan fingerprint density at radius 2 is 1.52 bits per heavy atom. The van der Waals surface area contributed by atoms with Gasteiger partial charge in [0.2, 0.25) is 0 Å². The molecule has 1 aromatic heterocycles. The van der Waals surface area contributed by atoms with E-state index in [9.17, 15) is 4.79 Å². The standard InChI is InChI=1S/C21H17NO3/c1-24-20-5-3-2-4-19(20)21(23)25-18-10-8-16(9-11-18)6-7-17-12-14-22-15-13-17/h2-15H,1H3/b7-6+. The number of hydrogen-bond acceptors (Lipinski definition) is 4. The average molecular weight is 331 g/mol. The second-order valence-electron chi connectivity index (χ2n) is 5.27. The Morgan fingerprint density at radius 3 is 2.20 bits per heavy atom. The van der Waals surface area contributed by atoms with Gasteiger partial charge in [-0.05, 0) is 47.5 Å². The van der Waals surface area contributed by atoms with E-state index in [1.54, 1.807) is 48.8 Å². The zero-order valence-corrected chi connectivity index (χ0v) is 13.8. The van der Waals surface area contributed by atoms with Crippen LogP contribution in [0.3, 0.4) is 0 Å². The van der Waals surface area contributed by atoms with Crippen molar-refractivity contribution < 1.29 is 14.3 Å². The summed E-state index contributed by atoms with van der Waals surface area (Å²) in [5, 5.41) is 0. The number of carbonyl (C=O) groups excluding carboxylic acids is 1. The summed E-state index contributed by atoms with van der Waals surface area (Å²) in [4.78, 5) is 16.3. The maximum atomic E-state index is 12.3. The average Bonchev–Trinajstić information content (AvgIpc) is 2.68. The third-order valence-corrected chi connectivity index (χ3v) is 3.59. The fourth-order valence-corrected chi connectivity index (χ4v) is 2.29. The summed E-state index contributed by atoms with van der Waals surface area (Å²) >= 11 is 0. The molecule has 0 radical (unpaired) electrons. The van der Waals surface area contributed by atoms with Crippen LogP contribution in [-0.2, 0) is 0 Å². The van der Waals surface area contributed by atoms with Crippen LogP contribution >= 0.6 is 0 Å². The lowest BCUT2D eigenvalue weighted by Crippen LogP contribution is -2.09. The first-order valence-electron chi connectivity index (χ1n) is 7.79. The normalized spacial score (nSPS) is 10.6. The van der Waals surface area contributed by atoms with Gasteiger partial charge in [-0.1, -0.05) is 36.4 Å². The van der Waals surface area contributed by atoms with Crippen LogP contribution in [0, 0.1) is 0 Å². The smallest absolute Gasteiger partial charge is 0.347 e. The van der Waals surface area contributed by atoms with E-state index in [0.717, 1.165) is 11.1 Å². The van der Waals surface area contributed by atoms with Crippen molar-refractivity contribution in [2.75, 3.05) is 7.11 Å². The highest BCUT2D eigenvalue weighted by Gasteiger charge is 2.13. The zero-order chi connectivity index (χ0) is 17.5. The quantitative estimate of drug-likeness (QED) is 0.511. The number of nitrogens with zero attached hydrogens (tertiary/aromatic N) is 1. The third kappa shape index (κ3) is 4.32. The fraction of sp³-hybridized carbons (Fsp3) is 0.0476. The molecule has 2 aromatic carbocycles. The Hall–Kier alpha value is -3.40.